The quantitative estimate of drug-likeness (QED) is 0.769. The first-order valence-corrected chi connectivity index (χ1v) is 8.75. The number of carbonyl (C=O) groups is 1. The molecule has 1 fully saturated rings. The second kappa shape index (κ2) is 6.97. The maximum atomic E-state index is 12.2. The second-order valence-electron chi connectivity index (χ2n) is 6.49. The zero-order valence-electron chi connectivity index (χ0n) is 14.0. The van der Waals surface area contributed by atoms with E-state index in [9.17, 15) is 4.79 Å². The van der Waals surface area contributed by atoms with Gasteiger partial charge in [-0.25, -0.2) is 4.98 Å². The summed E-state index contributed by atoms with van der Waals surface area (Å²) >= 11 is 0. The van der Waals surface area contributed by atoms with E-state index in [0.717, 1.165) is 35.4 Å². The summed E-state index contributed by atoms with van der Waals surface area (Å²) in [4.78, 5) is 16.6. The third-order valence-electron chi connectivity index (χ3n) is 4.61. The molecule has 0 atom stereocenters. The molecule has 1 aliphatic rings. The van der Waals surface area contributed by atoms with Crippen molar-refractivity contribution < 1.29 is 9.53 Å². The van der Waals surface area contributed by atoms with Crippen LogP contribution in [0.5, 0.6) is 11.5 Å². The first kappa shape index (κ1) is 15.7. The number of aromatic nitrogens is 2. The van der Waals surface area contributed by atoms with Crippen LogP contribution >= 0.6 is 0 Å². The topological polar surface area (TPSA) is 56.2 Å². The summed E-state index contributed by atoms with van der Waals surface area (Å²) in [6, 6.07) is 15.7. The average molecular weight is 335 g/mol. The van der Waals surface area contributed by atoms with Crippen molar-refractivity contribution in [2.24, 2.45) is 0 Å². The molecule has 0 radical (unpaired) electrons. The Morgan fingerprint density at radius 1 is 1.12 bits per heavy atom. The summed E-state index contributed by atoms with van der Waals surface area (Å²) in [5.41, 5.74) is 1.75. The molecule has 0 saturated heterocycles. The molecule has 25 heavy (non-hydrogen) atoms. The highest BCUT2D eigenvalue weighted by molar-refractivity contribution is 5.81. The molecule has 0 spiro atoms. The van der Waals surface area contributed by atoms with E-state index in [1.54, 1.807) is 6.33 Å². The summed E-state index contributed by atoms with van der Waals surface area (Å²) in [7, 11) is 0. The number of nitrogens with one attached hydrogen (secondary N) is 1. The monoisotopic (exact) mass is 335 g/mol. The smallest absolute Gasteiger partial charge is 0.240 e. The summed E-state index contributed by atoms with van der Waals surface area (Å²) in [6.07, 6.45) is 6.32. The number of ether oxygens (including phenoxy) is 1. The maximum absolute atomic E-state index is 12.2. The lowest BCUT2D eigenvalue weighted by Gasteiger charge is -2.12. The highest BCUT2D eigenvalue weighted by Crippen LogP contribution is 2.25. The van der Waals surface area contributed by atoms with Crippen molar-refractivity contribution >= 4 is 16.9 Å². The molecule has 5 nitrogen and oxygen atoms in total. The van der Waals surface area contributed by atoms with E-state index in [2.05, 4.69) is 10.3 Å². The van der Waals surface area contributed by atoms with Gasteiger partial charge in [-0.05, 0) is 37.1 Å². The minimum absolute atomic E-state index is 0.0517. The van der Waals surface area contributed by atoms with Gasteiger partial charge in [0.25, 0.3) is 0 Å². The van der Waals surface area contributed by atoms with Crippen molar-refractivity contribution in [3.05, 3.63) is 54.9 Å². The molecular weight excluding hydrogens is 314 g/mol. The molecule has 0 unspecified atom stereocenters. The van der Waals surface area contributed by atoms with Crippen LogP contribution in [0.25, 0.3) is 11.0 Å². The van der Waals surface area contributed by atoms with Gasteiger partial charge in [-0.1, -0.05) is 31.0 Å². The predicted octanol–water partition coefficient (Wildman–Crippen LogP) is 3.89. The van der Waals surface area contributed by atoms with Crippen molar-refractivity contribution in [2.75, 3.05) is 0 Å². The van der Waals surface area contributed by atoms with Crippen molar-refractivity contribution in [2.45, 2.75) is 38.3 Å². The van der Waals surface area contributed by atoms with E-state index in [-0.39, 0.29) is 5.91 Å². The normalized spacial score (nSPS) is 14.7. The molecule has 2 aromatic carbocycles. The minimum atomic E-state index is 0.0517. The Morgan fingerprint density at radius 3 is 2.72 bits per heavy atom. The Hall–Kier alpha value is -2.82. The van der Waals surface area contributed by atoms with E-state index in [1.165, 1.54) is 12.8 Å². The second-order valence-corrected chi connectivity index (χ2v) is 6.49. The first-order chi connectivity index (χ1) is 12.3. The maximum Gasteiger partial charge on any atom is 0.240 e. The van der Waals surface area contributed by atoms with E-state index >= 15 is 0 Å². The molecule has 1 N–H and O–H groups in total. The zero-order chi connectivity index (χ0) is 17.1. The van der Waals surface area contributed by atoms with Gasteiger partial charge in [-0.2, -0.15) is 0 Å². The van der Waals surface area contributed by atoms with Gasteiger partial charge < -0.3 is 14.6 Å². The molecule has 1 aromatic heterocycles. The number of hydrogen-bond donors (Lipinski definition) is 1. The molecule has 1 aliphatic carbocycles. The van der Waals surface area contributed by atoms with Gasteiger partial charge in [-0.15, -0.1) is 0 Å². The molecule has 1 amide bonds. The Kier molecular flexibility index (Phi) is 4.37. The fourth-order valence-corrected chi connectivity index (χ4v) is 3.36. The van der Waals surface area contributed by atoms with Crippen LogP contribution in [0.1, 0.15) is 25.7 Å². The number of imidazole rings is 1. The Balaban J connectivity index is 1.47. The summed E-state index contributed by atoms with van der Waals surface area (Å²) in [5.74, 6) is 1.58. The summed E-state index contributed by atoms with van der Waals surface area (Å²) in [5, 5.41) is 3.11. The van der Waals surface area contributed by atoms with Gasteiger partial charge in [0.1, 0.15) is 18.0 Å². The van der Waals surface area contributed by atoms with Crippen LogP contribution < -0.4 is 10.1 Å². The lowest BCUT2D eigenvalue weighted by atomic mass is 10.2. The van der Waals surface area contributed by atoms with Crippen LogP contribution in [0, 0.1) is 0 Å². The van der Waals surface area contributed by atoms with Crippen LogP contribution in [0.2, 0.25) is 0 Å². The number of carbonyl (C=O) groups excluding carboxylic acids is 1. The SMILES string of the molecule is O=C(Cn1cnc2cc(Oc3ccccc3)ccc21)NC1CCCC1. The zero-order valence-corrected chi connectivity index (χ0v) is 14.0. The lowest BCUT2D eigenvalue weighted by molar-refractivity contribution is -0.122. The number of nitrogens with zero attached hydrogens (tertiary/aromatic N) is 2. The first-order valence-electron chi connectivity index (χ1n) is 8.75. The highest BCUT2D eigenvalue weighted by Gasteiger charge is 2.17. The van der Waals surface area contributed by atoms with Crippen molar-refractivity contribution in [1.29, 1.82) is 0 Å². The third kappa shape index (κ3) is 3.65. The largest absolute Gasteiger partial charge is 0.457 e. The fraction of sp³-hybridized carbons (Fsp3) is 0.300. The predicted molar refractivity (Wildman–Crippen MR) is 96.6 cm³/mol. The van der Waals surface area contributed by atoms with Crippen molar-refractivity contribution in [3.8, 4) is 11.5 Å². The third-order valence-corrected chi connectivity index (χ3v) is 4.61. The van der Waals surface area contributed by atoms with Gasteiger partial charge >= 0.3 is 0 Å². The van der Waals surface area contributed by atoms with E-state index in [1.807, 2.05) is 53.1 Å². The summed E-state index contributed by atoms with van der Waals surface area (Å²) in [6.45, 7) is 0.298. The number of rotatable bonds is 5. The average Bonchev–Trinajstić information content (AvgIpc) is 3.26. The molecule has 3 aromatic rings. The Bertz CT molecular complexity index is 867. The van der Waals surface area contributed by atoms with Crippen molar-refractivity contribution in [1.82, 2.24) is 14.9 Å². The van der Waals surface area contributed by atoms with Gasteiger partial charge in [-0.3, -0.25) is 4.79 Å². The molecule has 4 rings (SSSR count). The van der Waals surface area contributed by atoms with E-state index in [4.69, 9.17) is 4.74 Å². The minimum Gasteiger partial charge on any atom is -0.457 e. The molecule has 1 saturated carbocycles. The Morgan fingerprint density at radius 2 is 1.92 bits per heavy atom. The van der Waals surface area contributed by atoms with Gasteiger partial charge in [0.05, 0.1) is 17.4 Å². The van der Waals surface area contributed by atoms with Gasteiger partial charge in [0.15, 0.2) is 0 Å². The van der Waals surface area contributed by atoms with Crippen LogP contribution in [0.15, 0.2) is 54.9 Å². The Labute approximate surface area is 146 Å². The van der Waals surface area contributed by atoms with Gasteiger partial charge in [0.2, 0.25) is 5.91 Å². The molecule has 1 heterocycles. The fourth-order valence-electron chi connectivity index (χ4n) is 3.36. The van der Waals surface area contributed by atoms with Crippen LogP contribution in [-0.4, -0.2) is 21.5 Å². The molecule has 0 bridgehead atoms. The van der Waals surface area contributed by atoms with Gasteiger partial charge in [0, 0.05) is 12.1 Å². The van der Waals surface area contributed by atoms with Crippen LogP contribution in [-0.2, 0) is 11.3 Å². The summed E-state index contributed by atoms with van der Waals surface area (Å²) < 4.78 is 7.72. The van der Waals surface area contributed by atoms with E-state index < -0.39 is 0 Å². The number of hydrogen-bond acceptors (Lipinski definition) is 3. The van der Waals surface area contributed by atoms with E-state index in [0.29, 0.717) is 12.6 Å². The van der Waals surface area contributed by atoms with Crippen molar-refractivity contribution in [3.63, 3.8) is 0 Å². The standard InChI is InChI=1S/C20H21N3O2/c24-20(22-15-6-4-5-7-15)13-23-14-21-18-12-17(10-11-19(18)23)25-16-8-2-1-3-9-16/h1-3,8-12,14-15H,4-7,13H2,(H,22,24). The van der Waals surface area contributed by atoms with Crippen LogP contribution in [0.3, 0.4) is 0 Å². The molecule has 5 heteroatoms. The number of benzene rings is 2. The molecule has 128 valence electrons. The highest BCUT2D eigenvalue weighted by atomic mass is 16.5. The lowest BCUT2D eigenvalue weighted by Crippen LogP contribution is -2.35. The number of para-hydroxylation sites is 1. The number of amides is 1. The molecular formula is C20H21N3O2. The van der Waals surface area contributed by atoms with Crippen LogP contribution in [0.4, 0.5) is 0 Å². The molecule has 0 aliphatic heterocycles. The number of fused-ring (bicyclic) bond motifs is 1.